The van der Waals surface area contributed by atoms with E-state index >= 15 is 0 Å². The average Bonchev–Trinajstić information content (AvgIpc) is 2.63. The number of carbonyl (C=O) groups is 2. The third kappa shape index (κ3) is 4.65. The van der Waals surface area contributed by atoms with E-state index in [4.69, 9.17) is 0 Å². The third-order valence-electron chi connectivity index (χ3n) is 4.23. The summed E-state index contributed by atoms with van der Waals surface area (Å²) in [7, 11) is 0. The Bertz CT molecular complexity index is 810. The molecule has 7 heteroatoms. The number of benzene rings is 2. The van der Waals surface area contributed by atoms with Crippen molar-refractivity contribution in [1.29, 1.82) is 0 Å². The Morgan fingerprint density at radius 1 is 1.04 bits per heavy atom. The molecule has 0 unspecified atom stereocenters. The molecule has 0 fully saturated rings. The van der Waals surface area contributed by atoms with Crippen molar-refractivity contribution in [3.63, 3.8) is 0 Å². The summed E-state index contributed by atoms with van der Waals surface area (Å²) in [6.45, 7) is 1.32. The van der Waals surface area contributed by atoms with Crippen LogP contribution >= 0.6 is 12.4 Å². The molecule has 2 aromatic rings. The molecule has 1 aliphatic heterocycles. The molecular formula is C19H19ClF2N2O2. The Balaban J connectivity index is 0.00000243. The van der Waals surface area contributed by atoms with E-state index in [0.29, 0.717) is 30.6 Å². The number of anilines is 1. The summed E-state index contributed by atoms with van der Waals surface area (Å²) < 4.78 is 27.3. The van der Waals surface area contributed by atoms with Crippen LogP contribution in [0.15, 0.2) is 36.4 Å². The first-order valence-corrected chi connectivity index (χ1v) is 8.14. The van der Waals surface area contributed by atoms with Gasteiger partial charge in [0.25, 0.3) is 0 Å². The van der Waals surface area contributed by atoms with Crippen LogP contribution in [0.1, 0.15) is 34.3 Å². The van der Waals surface area contributed by atoms with Crippen LogP contribution in [0.3, 0.4) is 0 Å². The Morgan fingerprint density at radius 3 is 2.50 bits per heavy atom. The van der Waals surface area contributed by atoms with E-state index in [1.54, 1.807) is 12.1 Å². The molecule has 0 spiro atoms. The second-order valence-corrected chi connectivity index (χ2v) is 5.97. The van der Waals surface area contributed by atoms with Gasteiger partial charge in [-0.3, -0.25) is 9.59 Å². The van der Waals surface area contributed by atoms with E-state index in [2.05, 4.69) is 10.6 Å². The van der Waals surface area contributed by atoms with E-state index < -0.39 is 17.5 Å². The first-order chi connectivity index (χ1) is 12.0. The molecule has 0 saturated carbocycles. The lowest BCUT2D eigenvalue weighted by Crippen LogP contribution is -2.25. The summed E-state index contributed by atoms with van der Waals surface area (Å²) in [6.07, 6.45) is 0.496. The molecular weight excluding hydrogens is 362 g/mol. The summed E-state index contributed by atoms with van der Waals surface area (Å²) in [5, 5.41) is 5.69. The van der Waals surface area contributed by atoms with Crippen LogP contribution in [-0.2, 0) is 17.8 Å². The number of fused-ring (bicyclic) bond motifs is 1. The summed E-state index contributed by atoms with van der Waals surface area (Å²) >= 11 is 0. The van der Waals surface area contributed by atoms with Crippen molar-refractivity contribution >= 4 is 29.8 Å². The zero-order valence-electron chi connectivity index (χ0n) is 14.0. The van der Waals surface area contributed by atoms with Crippen molar-refractivity contribution in [1.82, 2.24) is 5.32 Å². The maximum absolute atomic E-state index is 14.5. The van der Waals surface area contributed by atoms with Crippen LogP contribution in [0.5, 0.6) is 0 Å². The molecule has 2 aromatic carbocycles. The SMILES string of the molecule is Cl.O=C(CCC(=O)c1ccc(F)cc1)Nc1ccc2c(c1F)CCNC2. The number of halogens is 3. The van der Waals surface area contributed by atoms with Crippen molar-refractivity contribution in [2.24, 2.45) is 0 Å². The molecule has 4 nitrogen and oxygen atoms in total. The van der Waals surface area contributed by atoms with E-state index in [-0.39, 0.29) is 36.7 Å². The van der Waals surface area contributed by atoms with Crippen molar-refractivity contribution in [2.75, 3.05) is 11.9 Å². The highest BCUT2D eigenvalue weighted by molar-refractivity contribution is 6.00. The maximum atomic E-state index is 14.5. The van der Waals surface area contributed by atoms with E-state index in [9.17, 15) is 18.4 Å². The van der Waals surface area contributed by atoms with Gasteiger partial charge in [0.15, 0.2) is 5.78 Å². The molecule has 1 heterocycles. The van der Waals surface area contributed by atoms with Gasteiger partial charge in [0.2, 0.25) is 5.91 Å². The Kier molecular flexibility index (Phi) is 6.83. The Morgan fingerprint density at radius 2 is 1.77 bits per heavy atom. The van der Waals surface area contributed by atoms with Crippen LogP contribution in [0.4, 0.5) is 14.5 Å². The highest BCUT2D eigenvalue weighted by Gasteiger charge is 2.18. The van der Waals surface area contributed by atoms with Gasteiger partial charge in [-0.05, 0) is 54.4 Å². The lowest BCUT2D eigenvalue weighted by Gasteiger charge is -2.19. The molecule has 0 aromatic heterocycles. The zero-order chi connectivity index (χ0) is 17.8. The quantitative estimate of drug-likeness (QED) is 0.779. The topological polar surface area (TPSA) is 58.2 Å². The number of hydrogen-bond acceptors (Lipinski definition) is 3. The fourth-order valence-electron chi connectivity index (χ4n) is 2.85. The van der Waals surface area contributed by atoms with Gasteiger partial charge in [-0.2, -0.15) is 0 Å². The minimum absolute atomic E-state index is 0. The first kappa shape index (κ1) is 20.0. The fraction of sp³-hybridized carbons (Fsp3) is 0.263. The molecule has 0 aliphatic carbocycles. The van der Waals surface area contributed by atoms with Gasteiger partial charge >= 0.3 is 0 Å². The highest BCUT2D eigenvalue weighted by Crippen LogP contribution is 2.24. The number of ketones is 1. The lowest BCUT2D eigenvalue weighted by atomic mass is 9.99. The maximum Gasteiger partial charge on any atom is 0.224 e. The molecule has 0 saturated heterocycles. The van der Waals surface area contributed by atoms with Gasteiger partial charge < -0.3 is 10.6 Å². The predicted octanol–water partition coefficient (Wildman–Crippen LogP) is 3.63. The van der Waals surface area contributed by atoms with Crippen LogP contribution in [-0.4, -0.2) is 18.2 Å². The normalized spacial score (nSPS) is 12.7. The number of hydrogen-bond donors (Lipinski definition) is 2. The van der Waals surface area contributed by atoms with Crippen molar-refractivity contribution in [2.45, 2.75) is 25.8 Å². The average molecular weight is 381 g/mol. The highest BCUT2D eigenvalue weighted by atomic mass is 35.5. The van der Waals surface area contributed by atoms with E-state index in [0.717, 1.165) is 5.56 Å². The fourth-order valence-corrected chi connectivity index (χ4v) is 2.85. The van der Waals surface area contributed by atoms with Gasteiger partial charge in [0.1, 0.15) is 11.6 Å². The van der Waals surface area contributed by atoms with Gasteiger partial charge in [-0.25, -0.2) is 8.78 Å². The molecule has 1 aliphatic rings. The van der Waals surface area contributed by atoms with Crippen LogP contribution in [0.25, 0.3) is 0 Å². The molecule has 0 bridgehead atoms. The minimum atomic E-state index is -0.428. The third-order valence-corrected chi connectivity index (χ3v) is 4.23. The molecule has 138 valence electrons. The van der Waals surface area contributed by atoms with E-state index in [1.807, 2.05) is 0 Å². The number of carbonyl (C=O) groups excluding carboxylic acids is 2. The molecule has 2 N–H and O–H groups in total. The minimum Gasteiger partial charge on any atom is -0.324 e. The van der Waals surface area contributed by atoms with Crippen LogP contribution < -0.4 is 10.6 Å². The smallest absolute Gasteiger partial charge is 0.224 e. The zero-order valence-corrected chi connectivity index (χ0v) is 14.8. The standard InChI is InChI=1S/C19H18F2N2O2.ClH/c20-14-4-1-12(2-5-14)17(24)7-8-18(25)23-16-6-3-13-11-22-10-9-15(13)19(16)21;/h1-6,22H,7-11H2,(H,23,25);1H. The summed E-state index contributed by atoms with van der Waals surface area (Å²) in [6, 6.07) is 8.50. The first-order valence-electron chi connectivity index (χ1n) is 8.14. The Labute approximate surface area is 156 Å². The lowest BCUT2D eigenvalue weighted by molar-refractivity contribution is -0.116. The molecule has 3 rings (SSSR count). The van der Waals surface area contributed by atoms with Crippen LogP contribution in [0, 0.1) is 11.6 Å². The summed E-state index contributed by atoms with van der Waals surface area (Å²) in [5.41, 5.74) is 2.01. The largest absolute Gasteiger partial charge is 0.324 e. The molecule has 0 radical (unpaired) electrons. The van der Waals surface area contributed by atoms with Crippen molar-refractivity contribution in [3.05, 3.63) is 64.7 Å². The van der Waals surface area contributed by atoms with Gasteiger partial charge in [-0.15, -0.1) is 12.4 Å². The van der Waals surface area contributed by atoms with Crippen molar-refractivity contribution in [3.8, 4) is 0 Å². The van der Waals surface area contributed by atoms with E-state index in [1.165, 1.54) is 24.3 Å². The molecule has 26 heavy (non-hydrogen) atoms. The van der Waals surface area contributed by atoms with Crippen LogP contribution in [0.2, 0.25) is 0 Å². The molecule has 0 atom stereocenters. The molecule has 1 amide bonds. The van der Waals surface area contributed by atoms with Gasteiger partial charge in [-0.1, -0.05) is 6.07 Å². The number of rotatable bonds is 5. The number of amides is 1. The monoisotopic (exact) mass is 380 g/mol. The second-order valence-electron chi connectivity index (χ2n) is 5.97. The van der Waals surface area contributed by atoms with Gasteiger partial charge in [0, 0.05) is 24.9 Å². The number of nitrogens with one attached hydrogen (secondary N) is 2. The van der Waals surface area contributed by atoms with Crippen molar-refractivity contribution < 1.29 is 18.4 Å². The summed E-state index contributed by atoms with van der Waals surface area (Å²) in [4.78, 5) is 24.0. The second kappa shape index (κ2) is 8.87. The summed E-state index contributed by atoms with van der Waals surface area (Å²) in [5.74, 6) is -1.51. The number of Topliss-reactive ketones (excluding diaryl/α,β-unsaturated/α-hetero) is 1. The van der Waals surface area contributed by atoms with Gasteiger partial charge in [0.05, 0.1) is 5.69 Å². The predicted molar refractivity (Wildman–Crippen MR) is 97.7 cm³/mol. The Hall–Kier alpha value is -2.31.